The van der Waals surface area contributed by atoms with Gasteiger partial charge in [0, 0.05) is 11.1 Å². The van der Waals surface area contributed by atoms with Crippen LogP contribution in [-0.2, 0) is 4.79 Å². The first-order chi connectivity index (χ1) is 10.7. The van der Waals surface area contributed by atoms with E-state index in [1.807, 2.05) is 36.4 Å². The van der Waals surface area contributed by atoms with Gasteiger partial charge in [0.15, 0.2) is 0 Å². The Labute approximate surface area is 134 Å². The number of methoxy groups -OCH3 is 1. The molecule has 0 aliphatic rings. The van der Waals surface area contributed by atoms with Gasteiger partial charge in [0.25, 0.3) is 5.91 Å². The van der Waals surface area contributed by atoms with Crippen molar-refractivity contribution in [1.82, 2.24) is 5.43 Å². The Kier molecular flexibility index (Phi) is 5.74. The van der Waals surface area contributed by atoms with Crippen molar-refractivity contribution < 1.29 is 9.53 Å². The fourth-order valence-corrected chi connectivity index (χ4v) is 1.77. The summed E-state index contributed by atoms with van der Waals surface area (Å²) in [6.45, 7) is 0. The molecule has 0 aliphatic carbocycles. The van der Waals surface area contributed by atoms with Crippen LogP contribution in [-0.4, -0.2) is 19.2 Å². The van der Waals surface area contributed by atoms with Gasteiger partial charge in [-0.1, -0.05) is 35.9 Å². The van der Waals surface area contributed by atoms with Crippen LogP contribution in [0.1, 0.15) is 11.1 Å². The summed E-state index contributed by atoms with van der Waals surface area (Å²) in [7, 11) is 1.61. The third kappa shape index (κ3) is 5.07. The quantitative estimate of drug-likeness (QED) is 0.521. The van der Waals surface area contributed by atoms with Crippen LogP contribution in [0.25, 0.3) is 6.08 Å². The van der Waals surface area contributed by atoms with E-state index in [1.165, 1.54) is 6.08 Å². The van der Waals surface area contributed by atoms with E-state index in [2.05, 4.69) is 10.5 Å². The highest BCUT2D eigenvalue weighted by Gasteiger charge is 1.94. The molecule has 1 N–H and O–H groups in total. The fraction of sp³-hybridized carbons (Fsp3) is 0.0588. The van der Waals surface area contributed by atoms with Gasteiger partial charge in [-0.2, -0.15) is 5.10 Å². The van der Waals surface area contributed by atoms with Crippen LogP contribution >= 0.6 is 11.6 Å². The third-order valence-corrected chi connectivity index (χ3v) is 3.05. The zero-order valence-corrected chi connectivity index (χ0v) is 12.7. The first-order valence-corrected chi connectivity index (χ1v) is 6.96. The normalized spacial score (nSPS) is 11.0. The average Bonchev–Trinajstić information content (AvgIpc) is 2.55. The van der Waals surface area contributed by atoms with Crippen molar-refractivity contribution in [3.63, 3.8) is 0 Å². The van der Waals surface area contributed by atoms with Crippen molar-refractivity contribution in [3.8, 4) is 5.75 Å². The Morgan fingerprint density at radius 1 is 1.09 bits per heavy atom. The second kappa shape index (κ2) is 8.00. The molecule has 0 radical (unpaired) electrons. The average molecular weight is 315 g/mol. The molecule has 1 amide bonds. The fourth-order valence-electron chi connectivity index (χ4n) is 1.64. The molecule has 0 spiro atoms. The van der Waals surface area contributed by atoms with Gasteiger partial charge < -0.3 is 4.74 Å². The summed E-state index contributed by atoms with van der Waals surface area (Å²) in [6.07, 6.45) is 4.67. The minimum Gasteiger partial charge on any atom is -0.497 e. The van der Waals surface area contributed by atoms with Gasteiger partial charge in [-0.15, -0.1) is 0 Å². The summed E-state index contributed by atoms with van der Waals surface area (Å²) in [4.78, 5) is 11.6. The number of nitrogens with zero attached hydrogens (tertiary/aromatic N) is 1. The number of ether oxygens (including phenoxy) is 1. The number of halogens is 1. The minimum absolute atomic E-state index is 0.305. The number of nitrogens with one attached hydrogen (secondary N) is 1. The van der Waals surface area contributed by atoms with Crippen LogP contribution in [0.5, 0.6) is 5.75 Å². The number of hydrogen-bond donors (Lipinski definition) is 1. The molecule has 0 atom stereocenters. The maximum absolute atomic E-state index is 11.6. The molecule has 5 heteroatoms. The van der Waals surface area contributed by atoms with Crippen molar-refractivity contribution in [1.29, 1.82) is 0 Å². The van der Waals surface area contributed by atoms with Crippen LogP contribution in [0.3, 0.4) is 0 Å². The van der Waals surface area contributed by atoms with Crippen LogP contribution in [0.2, 0.25) is 5.02 Å². The predicted octanol–water partition coefficient (Wildman–Crippen LogP) is 3.51. The Hall–Kier alpha value is -2.59. The molecule has 0 saturated carbocycles. The molecule has 22 heavy (non-hydrogen) atoms. The van der Waals surface area contributed by atoms with E-state index < -0.39 is 0 Å². The summed E-state index contributed by atoms with van der Waals surface area (Å²) in [6, 6.07) is 14.5. The molecular formula is C17H15ClN2O2. The summed E-state index contributed by atoms with van der Waals surface area (Å²) in [5.41, 5.74) is 4.18. The second-order valence-corrected chi connectivity index (χ2v) is 4.83. The molecule has 0 heterocycles. The van der Waals surface area contributed by atoms with E-state index in [4.69, 9.17) is 16.3 Å². The lowest BCUT2D eigenvalue weighted by atomic mass is 10.2. The molecule has 0 aromatic heterocycles. The molecule has 0 fully saturated rings. The monoisotopic (exact) mass is 314 g/mol. The molecule has 112 valence electrons. The number of amides is 1. The van der Waals surface area contributed by atoms with Crippen molar-refractivity contribution in [2.24, 2.45) is 5.10 Å². The zero-order valence-electron chi connectivity index (χ0n) is 12.0. The summed E-state index contributed by atoms with van der Waals surface area (Å²) in [5, 5.41) is 4.53. The number of carbonyl (C=O) groups excluding carboxylic acids is 1. The largest absolute Gasteiger partial charge is 0.497 e. The van der Waals surface area contributed by atoms with E-state index >= 15 is 0 Å². The van der Waals surface area contributed by atoms with Crippen LogP contribution < -0.4 is 10.2 Å². The number of rotatable bonds is 5. The van der Waals surface area contributed by atoms with Gasteiger partial charge in [0.2, 0.25) is 0 Å². The van der Waals surface area contributed by atoms with E-state index in [0.717, 1.165) is 16.9 Å². The third-order valence-electron chi connectivity index (χ3n) is 2.80. The van der Waals surface area contributed by atoms with Crippen molar-refractivity contribution >= 4 is 29.8 Å². The molecule has 4 nitrogen and oxygen atoms in total. The molecular weight excluding hydrogens is 300 g/mol. The van der Waals surface area contributed by atoms with Gasteiger partial charge in [0.05, 0.1) is 13.3 Å². The van der Waals surface area contributed by atoms with E-state index in [0.29, 0.717) is 5.02 Å². The van der Waals surface area contributed by atoms with Crippen LogP contribution in [0.4, 0.5) is 0 Å². The number of carbonyl (C=O) groups is 1. The Bertz CT molecular complexity index is 677. The Morgan fingerprint density at radius 2 is 1.73 bits per heavy atom. The lowest BCUT2D eigenvalue weighted by Gasteiger charge is -1.99. The Balaban J connectivity index is 1.86. The molecule has 2 aromatic rings. The van der Waals surface area contributed by atoms with Gasteiger partial charge in [0.1, 0.15) is 5.75 Å². The van der Waals surface area contributed by atoms with Crippen LogP contribution in [0.15, 0.2) is 59.7 Å². The van der Waals surface area contributed by atoms with Gasteiger partial charge in [-0.25, -0.2) is 5.43 Å². The van der Waals surface area contributed by atoms with E-state index in [-0.39, 0.29) is 5.91 Å². The van der Waals surface area contributed by atoms with Gasteiger partial charge in [-0.05, 0) is 41.5 Å². The highest BCUT2D eigenvalue weighted by Crippen LogP contribution is 2.12. The zero-order chi connectivity index (χ0) is 15.8. The molecule has 0 aliphatic heterocycles. The molecule has 0 bridgehead atoms. The lowest BCUT2D eigenvalue weighted by Crippen LogP contribution is -2.14. The van der Waals surface area contributed by atoms with Crippen molar-refractivity contribution in [3.05, 3.63) is 70.8 Å². The van der Waals surface area contributed by atoms with Crippen molar-refractivity contribution in [2.75, 3.05) is 7.11 Å². The highest BCUT2D eigenvalue weighted by molar-refractivity contribution is 6.30. The number of benzene rings is 2. The first-order valence-electron chi connectivity index (χ1n) is 6.58. The number of hydrazone groups is 1. The Morgan fingerprint density at radius 3 is 2.36 bits per heavy atom. The highest BCUT2D eigenvalue weighted by atomic mass is 35.5. The van der Waals surface area contributed by atoms with E-state index in [9.17, 15) is 4.79 Å². The maximum atomic E-state index is 11.6. The lowest BCUT2D eigenvalue weighted by molar-refractivity contribution is -0.116. The summed E-state index contributed by atoms with van der Waals surface area (Å²) < 4.78 is 5.07. The molecule has 0 saturated heterocycles. The molecule has 2 aromatic carbocycles. The molecule has 2 rings (SSSR count). The number of hydrogen-bond acceptors (Lipinski definition) is 3. The van der Waals surface area contributed by atoms with Crippen LogP contribution in [0, 0.1) is 0 Å². The standard InChI is InChI=1S/C17H15ClN2O2/c1-22-16-9-4-13(5-10-16)6-11-17(21)20-19-12-14-2-7-15(18)8-3-14/h2-12H,1H3,(H,20,21)/b11-6+,19-12-. The smallest absolute Gasteiger partial charge is 0.264 e. The SMILES string of the molecule is COc1ccc(/C=C/C(=O)N/N=C\c2ccc(Cl)cc2)cc1. The van der Waals surface area contributed by atoms with Crippen molar-refractivity contribution in [2.45, 2.75) is 0 Å². The van der Waals surface area contributed by atoms with Gasteiger partial charge in [-0.3, -0.25) is 4.79 Å². The van der Waals surface area contributed by atoms with E-state index in [1.54, 1.807) is 31.5 Å². The summed E-state index contributed by atoms with van der Waals surface area (Å²) in [5.74, 6) is 0.468. The topological polar surface area (TPSA) is 50.7 Å². The molecule has 0 unspecified atom stereocenters. The maximum Gasteiger partial charge on any atom is 0.264 e. The summed E-state index contributed by atoms with van der Waals surface area (Å²) >= 11 is 5.78. The first kappa shape index (κ1) is 15.8. The second-order valence-electron chi connectivity index (χ2n) is 4.39. The van der Waals surface area contributed by atoms with Gasteiger partial charge >= 0.3 is 0 Å². The minimum atomic E-state index is -0.305. The predicted molar refractivity (Wildman–Crippen MR) is 89.2 cm³/mol.